The number of amides is 1. The summed E-state index contributed by atoms with van der Waals surface area (Å²) in [6, 6.07) is 12.8. The van der Waals surface area contributed by atoms with Gasteiger partial charge in [0.2, 0.25) is 5.91 Å². The van der Waals surface area contributed by atoms with Gasteiger partial charge in [-0.1, -0.05) is 29.8 Å². The molecule has 0 radical (unpaired) electrons. The number of hydrogen-bond acceptors (Lipinski definition) is 3. The second kappa shape index (κ2) is 4.64. The maximum absolute atomic E-state index is 11.6. The van der Waals surface area contributed by atoms with Gasteiger partial charge >= 0.3 is 0 Å². The number of thiophene rings is 1. The van der Waals surface area contributed by atoms with E-state index in [4.69, 9.17) is 17.3 Å². The Morgan fingerprint density at radius 1 is 1.21 bits per heavy atom. The van der Waals surface area contributed by atoms with E-state index >= 15 is 0 Å². The lowest BCUT2D eigenvalue weighted by molar-refractivity contribution is 0.100. The van der Waals surface area contributed by atoms with Crippen LogP contribution in [0.15, 0.2) is 42.5 Å². The summed E-state index contributed by atoms with van der Waals surface area (Å²) in [6.45, 7) is 0. The fourth-order valence-electron chi connectivity index (χ4n) is 1.96. The summed E-state index contributed by atoms with van der Waals surface area (Å²) >= 11 is 7.35. The van der Waals surface area contributed by atoms with Gasteiger partial charge < -0.3 is 5.73 Å². The van der Waals surface area contributed by atoms with Crippen LogP contribution in [0.3, 0.4) is 0 Å². The van der Waals surface area contributed by atoms with Crippen LogP contribution >= 0.6 is 22.9 Å². The van der Waals surface area contributed by atoms with E-state index in [1.54, 1.807) is 6.07 Å². The van der Waals surface area contributed by atoms with Crippen molar-refractivity contribution in [3.63, 3.8) is 0 Å². The largest absolute Gasteiger partial charge is 0.366 e. The van der Waals surface area contributed by atoms with Crippen LogP contribution in [0.4, 0.5) is 0 Å². The molecule has 0 aliphatic rings. The normalized spacial score (nSPS) is 10.8. The lowest BCUT2D eigenvalue weighted by Crippen LogP contribution is -2.12. The topological polar surface area (TPSA) is 56.0 Å². The number of rotatable bonds is 2. The van der Waals surface area contributed by atoms with Crippen molar-refractivity contribution < 1.29 is 4.79 Å². The van der Waals surface area contributed by atoms with Gasteiger partial charge in [0.05, 0.1) is 26.0 Å². The molecule has 1 aromatic carbocycles. The average Bonchev–Trinajstić information content (AvgIpc) is 2.84. The molecule has 0 bridgehead atoms. The summed E-state index contributed by atoms with van der Waals surface area (Å²) in [5.74, 6) is -0.456. The molecule has 0 saturated heterocycles. The van der Waals surface area contributed by atoms with E-state index in [2.05, 4.69) is 4.98 Å². The molecule has 5 heteroatoms. The highest BCUT2D eigenvalue weighted by atomic mass is 35.5. The second-order valence-corrected chi connectivity index (χ2v) is 5.76. The highest BCUT2D eigenvalue weighted by molar-refractivity contribution is 7.19. The zero-order valence-corrected chi connectivity index (χ0v) is 11.3. The molecule has 0 spiro atoms. The van der Waals surface area contributed by atoms with Crippen molar-refractivity contribution in [1.82, 2.24) is 4.98 Å². The maximum atomic E-state index is 11.6. The molecule has 94 valence electrons. The third-order valence-corrected chi connectivity index (χ3v) is 4.06. The van der Waals surface area contributed by atoms with Gasteiger partial charge in [-0.2, -0.15) is 0 Å². The monoisotopic (exact) mass is 288 g/mol. The molecule has 0 atom stereocenters. The summed E-state index contributed by atoms with van der Waals surface area (Å²) in [4.78, 5) is 17.0. The van der Waals surface area contributed by atoms with Crippen LogP contribution in [-0.2, 0) is 0 Å². The molecule has 0 aliphatic carbocycles. The van der Waals surface area contributed by atoms with E-state index in [0.29, 0.717) is 15.6 Å². The van der Waals surface area contributed by atoms with E-state index in [1.807, 2.05) is 36.4 Å². The van der Waals surface area contributed by atoms with Crippen molar-refractivity contribution in [3.8, 4) is 10.6 Å². The van der Waals surface area contributed by atoms with Crippen molar-refractivity contribution in [2.75, 3.05) is 0 Å². The van der Waals surface area contributed by atoms with Gasteiger partial charge in [0.1, 0.15) is 0 Å². The Kier molecular flexibility index (Phi) is 2.97. The van der Waals surface area contributed by atoms with Crippen molar-refractivity contribution in [2.45, 2.75) is 0 Å². The number of primary amides is 1. The zero-order chi connectivity index (χ0) is 13.4. The Bertz CT molecular complexity index is 782. The third kappa shape index (κ3) is 2.20. The van der Waals surface area contributed by atoms with Crippen molar-refractivity contribution >= 4 is 39.7 Å². The SMILES string of the molecule is NC(=O)c1cc(-c2ccc(Cl)s2)nc2ccccc12. The summed E-state index contributed by atoms with van der Waals surface area (Å²) in [6.07, 6.45) is 0. The van der Waals surface area contributed by atoms with Crippen LogP contribution in [0.2, 0.25) is 4.34 Å². The number of halogens is 1. The predicted octanol–water partition coefficient (Wildman–Crippen LogP) is 3.72. The van der Waals surface area contributed by atoms with Crippen LogP contribution in [0.25, 0.3) is 21.5 Å². The van der Waals surface area contributed by atoms with E-state index in [9.17, 15) is 4.79 Å². The Morgan fingerprint density at radius 3 is 2.68 bits per heavy atom. The van der Waals surface area contributed by atoms with Crippen LogP contribution in [0.1, 0.15) is 10.4 Å². The molecular formula is C14H9ClN2OS. The van der Waals surface area contributed by atoms with Crippen LogP contribution in [0, 0.1) is 0 Å². The minimum absolute atomic E-state index is 0.456. The number of fused-ring (bicyclic) bond motifs is 1. The van der Waals surface area contributed by atoms with Crippen molar-refractivity contribution in [2.24, 2.45) is 5.73 Å². The Morgan fingerprint density at radius 2 is 2.00 bits per heavy atom. The smallest absolute Gasteiger partial charge is 0.249 e. The van der Waals surface area contributed by atoms with Gasteiger partial charge in [-0.25, -0.2) is 4.98 Å². The fraction of sp³-hybridized carbons (Fsp3) is 0. The first kappa shape index (κ1) is 12.1. The Balaban J connectivity index is 2.30. The number of aromatic nitrogens is 1. The molecule has 3 aromatic rings. The second-order valence-electron chi connectivity index (χ2n) is 4.04. The van der Waals surface area contributed by atoms with Crippen molar-refractivity contribution in [3.05, 3.63) is 52.4 Å². The lowest BCUT2D eigenvalue weighted by Gasteiger charge is -2.05. The molecule has 1 amide bonds. The number of para-hydroxylation sites is 1. The van der Waals surface area contributed by atoms with Gasteiger partial charge in [-0.3, -0.25) is 4.79 Å². The molecule has 0 aliphatic heterocycles. The summed E-state index contributed by atoms with van der Waals surface area (Å²) in [5, 5.41) is 0.765. The van der Waals surface area contributed by atoms with Crippen LogP contribution in [0.5, 0.6) is 0 Å². The van der Waals surface area contributed by atoms with E-state index in [1.165, 1.54) is 11.3 Å². The molecule has 2 heterocycles. The predicted molar refractivity (Wildman–Crippen MR) is 78.6 cm³/mol. The van der Waals surface area contributed by atoms with Crippen LogP contribution < -0.4 is 5.73 Å². The fourth-order valence-corrected chi connectivity index (χ4v) is 2.96. The molecule has 0 fully saturated rings. The Hall–Kier alpha value is -1.91. The average molecular weight is 289 g/mol. The molecule has 3 nitrogen and oxygen atoms in total. The first-order valence-electron chi connectivity index (χ1n) is 5.60. The molecule has 19 heavy (non-hydrogen) atoms. The minimum Gasteiger partial charge on any atom is -0.366 e. The number of carbonyl (C=O) groups excluding carboxylic acids is 1. The molecule has 0 saturated carbocycles. The highest BCUT2D eigenvalue weighted by Crippen LogP contribution is 2.32. The van der Waals surface area contributed by atoms with Gasteiger partial charge in [0.15, 0.2) is 0 Å². The first-order chi connectivity index (χ1) is 9.15. The van der Waals surface area contributed by atoms with E-state index in [-0.39, 0.29) is 0 Å². The molecule has 2 aromatic heterocycles. The van der Waals surface area contributed by atoms with Crippen LogP contribution in [-0.4, -0.2) is 10.9 Å². The maximum Gasteiger partial charge on any atom is 0.249 e. The molecule has 0 unspecified atom stereocenters. The number of pyridine rings is 1. The van der Waals surface area contributed by atoms with Gasteiger partial charge in [0, 0.05) is 5.39 Å². The van der Waals surface area contributed by atoms with Gasteiger partial charge in [-0.05, 0) is 24.3 Å². The summed E-state index contributed by atoms with van der Waals surface area (Å²) in [7, 11) is 0. The first-order valence-corrected chi connectivity index (χ1v) is 6.80. The van der Waals surface area contributed by atoms with Gasteiger partial charge in [-0.15, -0.1) is 11.3 Å². The standard InChI is InChI=1S/C14H9ClN2OS/c15-13-6-5-12(19-13)11-7-9(14(16)18)8-3-1-2-4-10(8)17-11/h1-7H,(H2,16,18). The molecule has 2 N–H and O–H groups in total. The lowest BCUT2D eigenvalue weighted by atomic mass is 10.1. The van der Waals surface area contributed by atoms with Crippen molar-refractivity contribution in [1.29, 1.82) is 0 Å². The number of nitrogens with two attached hydrogens (primary N) is 1. The minimum atomic E-state index is -0.456. The highest BCUT2D eigenvalue weighted by Gasteiger charge is 2.12. The van der Waals surface area contributed by atoms with Gasteiger partial charge in [0.25, 0.3) is 0 Å². The zero-order valence-electron chi connectivity index (χ0n) is 9.76. The van der Waals surface area contributed by atoms with E-state index in [0.717, 1.165) is 15.8 Å². The number of hydrogen-bond donors (Lipinski definition) is 1. The van der Waals surface area contributed by atoms with E-state index < -0.39 is 5.91 Å². The third-order valence-electron chi connectivity index (χ3n) is 2.81. The molecular weight excluding hydrogens is 280 g/mol. The number of benzene rings is 1. The quantitative estimate of drug-likeness (QED) is 0.781. The summed E-state index contributed by atoms with van der Waals surface area (Å²) < 4.78 is 0.686. The summed E-state index contributed by atoms with van der Waals surface area (Å²) in [5.41, 5.74) is 7.38. The Labute approximate surface area is 118 Å². The number of nitrogens with zero attached hydrogens (tertiary/aromatic N) is 1. The molecule has 3 rings (SSSR count). The number of carbonyl (C=O) groups is 1.